The molecule has 0 aromatic carbocycles. The quantitative estimate of drug-likeness (QED) is 0.299. The molecule has 0 aliphatic heterocycles. The molecule has 0 amide bonds. The number of nitrogens with two attached hydrogens (primary N) is 1. The molecule has 0 heterocycles. The smallest absolute Gasteiger partial charge is 0.323 e. The normalized spacial score (nSPS) is 9.00. The van der Waals surface area contributed by atoms with Crippen LogP contribution >= 0.6 is 0 Å². The molecule has 0 radical (unpaired) electrons. The number of guanidine groups is 1. The molecule has 0 saturated carbocycles. The molecule has 0 unspecified atom stereocenters. The van der Waals surface area contributed by atoms with Gasteiger partial charge in [-0.1, -0.05) is 0 Å². The van der Waals surface area contributed by atoms with Crippen molar-refractivity contribution in [2.45, 2.75) is 0 Å². The first-order valence-corrected chi connectivity index (χ1v) is 2.96. The molecule has 0 bridgehead atoms. The van der Waals surface area contributed by atoms with E-state index < -0.39 is 31.0 Å². The molecule has 7 nitrogen and oxygen atoms in total. The Kier molecular flexibility index (Phi) is 3.54. The number of hydrogen-bond acceptors (Lipinski definition) is 3. The largest absolute Gasteiger partial charge is 0.480 e. The molecule has 0 aromatic rings. The fraction of sp³-hybridized carbons (Fsp3) is 0.400. The van der Waals surface area contributed by atoms with E-state index in [1.54, 1.807) is 0 Å². The van der Waals surface area contributed by atoms with E-state index in [9.17, 15) is 9.59 Å². The zero-order valence-electron chi connectivity index (χ0n) is 6.15. The zero-order valence-corrected chi connectivity index (χ0v) is 6.15. The second-order valence-electron chi connectivity index (χ2n) is 2.03. The summed E-state index contributed by atoms with van der Waals surface area (Å²) in [6, 6.07) is 0. The average molecular weight is 175 g/mol. The second kappa shape index (κ2) is 4.16. The minimum absolute atomic E-state index is 0.570. The van der Waals surface area contributed by atoms with Gasteiger partial charge < -0.3 is 20.8 Å². The third-order valence-electron chi connectivity index (χ3n) is 0.993. The third-order valence-corrected chi connectivity index (χ3v) is 0.993. The van der Waals surface area contributed by atoms with Crippen LogP contribution in [-0.2, 0) is 9.59 Å². The molecule has 0 aromatic heterocycles. The van der Waals surface area contributed by atoms with Gasteiger partial charge in [-0.3, -0.25) is 15.0 Å². The Morgan fingerprint density at radius 3 is 1.75 bits per heavy atom. The van der Waals surface area contributed by atoms with Gasteiger partial charge in [-0.05, 0) is 0 Å². The Labute approximate surface area is 67.9 Å². The number of aliphatic carboxylic acids is 2. The van der Waals surface area contributed by atoms with Crippen LogP contribution in [0.15, 0.2) is 0 Å². The Morgan fingerprint density at radius 1 is 1.25 bits per heavy atom. The van der Waals surface area contributed by atoms with E-state index in [0.29, 0.717) is 0 Å². The Balaban J connectivity index is 4.14. The summed E-state index contributed by atoms with van der Waals surface area (Å²) in [5.74, 6) is -3.03. The Morgan fingerprint density at radius 2 is 1.58 bits per heavy atom. The van der Waals surface area contributed by atoms with Crippen LogP contribution in [0.25, 0.3) is 0 Å². The Hall–Kier alpha value is -1.79. The minimum atomic E-state index is -1.23. The van der Waals surface area contributed by atoms with Gasteiger partial charge in [0.1, 0.15) is 13.1 Å². The van der Waals surface area contributed by atoms with Gasteiger partial charge in [0, 0.05) is 0 Å². The van der Waals surface area contributed by atoms with E-state index in [0.717, 1.165) is 4.90 Å². The fourth-order valence-electron chi connectivity index (χ4n) is 0.553. The number of carboxylic acids is 2. The van der Waals surface area contributed by atoms with Crippen LogP contribution in [0, 0.1) is 5.41 Å². The first-order chi connectivity index (χ1) is 5.43. The maximum atomic E-state index is 10.1. The molecule has 5 N–H and O–H groups in total. The van der Waals surface area contributed by atoms with E-state index in [1.807, 2.05) is 0 Å². The third kappa shape index (κ3) is 4.09. The van der Waals surface area contributed by atoms with E-state index >= 15 is 0 Å². The summed E-state index contributed by atoms with van der Waals surface area (Å²) in [5.41, 5.74) is 4.92. The van der Waals surface area contributed by atoms with Gasteiger partial charge in [0.25, 0.3) is 0 Å². The van der Waals surface area contributed by atoms with Crippen LogP contribution in [0.4, 0.5) is 0 Å². The highest BCUT2D eigenvalue weighted by Gasteiger charge is 2.13. The maximum absolute atomic E-state index is 10.1. The van der Waals surface area contributed by atoms with Crippen molar-refractivity contribution < 1.29 is 19.8 Å². The number of carbonyl (C=O) groups is 2. The van der Waals surface area contributed by atoms with Gasteiger partial charge in [0.2, 0.25) is 0 Å². The Bertz CT molecular complexity index is 199. The highest BCUT2D eigenvalue weighted by atomic mass is 16.4. The highest BCUT2D eigenvalue weighted by Crippen LogP contribution is 1.85. The molecular formula is C5H9N3O4. The van der Waals surface area contributed by atoms with Crippen molar-refractivity contribution in [1.82, 2.24) is 4.90 Å². The summed E-state index contributed by atoms with van der Waals surface area (Å²) < 4.78 is 0. The molecule has 0 fully saturated rings. The molecule has 0 spiro atoms. The number of rotatable bonds is 4. The molecular weight excluding hydrogens is 166 g/mol. The molecule has 0 aliphatic rings. The molecule has 0 saturated heterocycles. The lowest BCUT2D eigenvalue weighted by molar-refractivity contribution is -0.140. The topological polar surface area (TPSA) is 128 Å². The van der Waals surface area contributed by atoms with E-state index in [2.05, 4.69) is 0 Å². The van der Waals surface area contributed by atoms with Gasteiger partial charge in [-0.15, -0.1) is 0 Å². The van der Waals surface area contributed by atoms with E-state index in [4.69, 9.17) is 21.4 Å². The first-order valence-electron chi connectivity index (χ1n) is 2.96. The van der Waals surface area contributed by atoms with Crippen molar-refractivity contribution in [3.05, 3.63) is 0 Å². The van der Waals surface area contributed by atoms with Crippen molar-refractivity contribution in [1.29, 1.82) is 5.41 Å². The molecule has 0 rings (SSSR count). The SMILES string of the molecule is N=C(N)N(CC(=O)O)CC(=O)O. The summed E-state index contributed by atoms with van der Waals surface area (Å²) in [5, 5.41) is 23.3. The van der Waals surface area contributed by atoms with Crippen LogP contribution < -0.4 is 5.73 Å². The van der Waals surface area contributed by atoms with Crippen LogP contribution in [0.1, 0.15) is 0 Å². The van der Waals surface area contributed by atoms with Crippen LogP contribution in [-0.4, -0.2) is 46.1 Å². The first kappa shape index (κ1) is 10.2. The van der Waals surface area contributed by atoms with Gasteiger partial charge in [0.05, 0.1) is 0 Å². The lowest BCUT2D eigenvalue weighted by Crippen LogP contribution is -2.43. The number of nitrogens with zero attached hydrogens (tertiary/aromatic N) is 1. The molecule has 68 valence electrons. The minimum Gasteiger partial charge on any atom is -0.480 e. The predicted octanol–water partition coefficient (Wildman–Crippen LogP) is -1.65. The molecule has 0 aliphatic carbocycles. The number of hydrogen-bond donors (Lipinski definition) is 4. The van der Waals surface area contributed by atoms with Gasteiger partial charge in [0.15, 0.2) is 5.96 Å². The van der Waals surface area contributed by atoms with Crippen LogP contribution in [0.2, 0.25) is 0 Å². The molecule has 0 atom stereocenters. The summed E-state index contributed by atoms with van der Waals surface area (Å²) in [6.07, 6.45) is 0. The second-order valence-corrected chi connectivity index (χ2v) is 2.03. The van der Waals surface area contributed by atoms with Crippen molar-refractivity contribution >= 4 is 17.9 Å². The molecule has 12 heavy (non-hydrogen) atoms. The van der Waals surface area contributed by atoms with E-state index in [-0.39, 0.29) is 0 Å². The average Bonchev–Trinajstić information content (AvgIpc) is 1.83. The van der Waals surface area contributed by atoms with Gasteiger partial charge in [-0.2, -0.15) is 0 Å². The molecule has 7 heteroatoms. The van der Waals surface area contributed by atoms with E-state index in [1.165, 1.54) is 0 Å². The van der Waals surface area contributed by atoms with Crippen molar-refractivity contribution in [2.24, 2.45) is 5.73 Å². The van der Waals surface area contributed by atoms with Crippen LogP contribution in [0.3, 0.4) is 0 Å². The fourth-order valence-corrected chi connectivity index (χ4v) is 0.553. The van der Waals surface area contributed by atoms with Crippen molar-refractivity contribution in [2.75, 3.05) is 13.1 Å². The summed E-state index contributed by atoms with van der Waals surface area (Å²) in [6.45, 7) is -1.16. The highest BCUT2D eigenvalue weighted by molar-refractivity contribution is 5.84. The van der Waals surface area contributed by atoms with Gasteiger partial charge >= 0.3 is 11.9 Å². The standard InChI is InChI=1S/C5H9N3O4/c6-5(7)8(1-3(9)10)2-4(11)12/h1-2H2,(H3,6,7)(H,9,10)(H,11,12). The lowest BCUT2D eigenvalue weighted by Gasteiger charge is -2.17. The summed E-state index contributed by atoms with van der Waals surface area (Å²) in [7, 11) is 0. The maximum Gasteiger partial charge on any atom is 0.323 e. The number of nitrogens with one attached hydrogen (secondary N) is 1. The van der Waals surface area contributed by atoms with Crippen LogP contribution in [0.5, 0.6) is 0 Å². The summed E-state index contributed by atoms with van der Waals surface area (Å²) in [4.78, 5) is 20.9. The lowest BCUT2D eigenvalue weighted by atomic mass is 10.5. The van der Waals surface area contributed by atoms with Gasteiger partial charge in [-0.25, -0.2) is 0 Å². The predicted molar refractivity (Wildman–Crippen MR) is 38.8 cm³/mol. The number of carboxylic acid groups (broad SMARTS) is 2. The van der Waals surface area contributed by atoms with Crippen molar-refractivity contribution in [3.63, 3.8) is 0 Å². The summed E-state index contributed by atoms with van der Waals surface area (Å²) >= 11 is 0. The monoisotopic (exact) mass is 175 g/mol. The zero-order chi connectivity index (χ0) is 9.72. The van der Waals surface area contributed by atoms with Crippen molar-refractivity contribution in [3.8, 4) is 0 Å².